The van der Waals surface area contributed by atoms with Gasteiger partial charge in [0.1, 0.15) is 11.5 Å². The number of hydrogen-bond donors (Lipinski definition) is 2. The molecule has 0 bridgehead atoms. The molecule has 2 N–H and O–H groups in total. The maximum atomic E-state index is 9.56. The smallest absolute Gasteiger partial charge is 0.134 e. The van der Waals surface area contributed by atoms with Gasteiger partial charge in [0.15, 0.2) is 0 Å². The fourth-order valence-corrected chi connectivity index (χ4v) is 2.72. The van der Waals surface area contributed by atoms with E-state index in [9.17, 15) is 5.11 Å². The van der Waals surface area contributed by atoms with Crippen LogP contribution in [-0.2, 0) is 13.1 Å². The van der Waals surface area contributed by atoms with Crippen LogP contribution in [0.1, 0.15) is 29.9 Å². The van der Waals surface area contributed by atoms with Gasteiger partial charge in [-0.3, -0.25) is 0 Å². The molecule has 0 aliphatic rings. The van der Waals surface area contributed by atoms with Crippen molar-refractivity contribution in [1.82, 2.24) is 5.32 Å². The maximum absolute atomic E-state index is 9.56. The fourth-order valence-electron chi connectivity index (χ4n) is 2.52. The molecule has 0 aliphatic carbocycles. The van der Waals surface area contributed by atoms with E-state index in [1.807, 2.05) is 60.7 Å². The molecule has 0 aliphatic heterocycles. The lowest BCUT2D eigenvalue weighted by molar-refractivity contribution is 0.199. The van der Waals surface area contributed by atoms with Gasteiger partial charge >= 0.3 is 0 Å². The molecule has 1 atom stereocenters. The largest absolute Gasteiger partial charge is 0.460 e. The molecule has 124 valence electrons. The molecule has 0 saturated heterocycles. The average molecular weight is 342 g/mol. The Balaban J connectivity index is 1.60. The summed E-state index contributed by atoms with van der Waals surface area (Å²) in [6.45, 7) is 3.08. The van der Waals surface area contributed by atoms with Gasteiger partial charge in [0.2, 0.25) is 0 Å². The minimum Gasteiger partial charge on any atom is -0.460 e. The van der Waals surface area contributed by atoms with Crippen LogP contribution in [0.4, 0.5) is 0 Å². The Morgan fingerprint density at radius 3 is 2.46 bits per heavy atom. The van der Waals surface area contributed by atoms with Gasteiger partial charge in [-0.1, -0.05) is 54.1 Å². The van der Waals surface area contributed by atoms with Crippen LogP contribution < -0.4 is 5.32 Å². The van der Waals surface area contributed by atoms with E-state index in [0.29, 0.717) is 13.1 Å². The van der Waals surface area contributed by atoms with Gasteiger partial charge in [-0.15, -0.1) is 0 Å². The Morgan fingerprint density at radius 2 is 1.75 bits per heavy atom. The van der Waals surface area contributed by atoms with E-state index in [2.05, 4.69) is 5.32 Å². The fraction of sp³-hybridized carbons (Fsp3) is 0.200. The monoisotopic (exact) mass is 341 g/mol. The molecule has 1 aromatic heterocycles. The van der Waals surface area contributed by atoms with Gasteiger partial charge in [0, 0.05) is 17.1 Å². The summed E-state index contributed by atoms with van der Waals surface area (Å²) in [6, 6.07) is 19.5. The third-order valence-corrected chi connectivity index (χ3v) is 4.28. The van der Waals surface area contributed by atoms with Gasteiger partial charge in [0.05, 0.1) is 12.6 Å². The Labute approximate surface area is 146 Å². The zero-order chi connectivity index (χ0) is 16.9. The van der Waals surface area contributed by atoms with Crippen molar-refractivity contribution >= 4 is 11.6 Å². The molecule has 0 spiro atoms. The molecule has 0 amide bonds. The van der Waals surface area contributed by atoms with Crippen molar-refractivity contribution in [2.45, 2.75) is 26.1 Å². The maximum Gasteiger partial charge on any atom is 0.134 e. The predicted octanol–water partition coefficient (Wildman–Crippen LogP) is 4.94. The molecule has 0 fully saturated rings. The Hall–Kier alpha value is -2.07. The summed E-state index contributed by atoms with van der Waals surface area (Å²) in [7, 11) is 0. The van der Waals surface area contributed by atoms with Crippen molar-refractivity contribution in [2.24, 2.45) is 0 Å². The Kier molecular flexibility index (Phi) is 5.36. The molecule has 2 aromatic carbocycles. The highest BCUT2D eigenvalue weighted by Crippen LogP contribution is 2.24. The quantitative estimate of drug-likeness (QED) is 0.667. The van der Waals surface area contributed by atoms with E-state index in [4.69, 9.17) is 16.0 Å². The van der Waals surface area contributed by atoms with Crippen molar-refractivity contribution in [3.05, 3.63) is 82.6 Å². The molecule has 1 heterocycles. The van der Waals surface area contributed by atoms with Crippen LogP contribution in [0.5, 0.6) is 0 Å². The predicted molar refractivity (Wildman–Crippen MR) is 96.8 cm³/mol. The Bertz CT molecular complexity index is 793. The first-order valence-corrected chi connectivity index (χ1v) is 8.32. The molecule has 3 nitrogen and oxygen atoms in total. The first-order chi connectivity index (χ1) is 11.6. The molecular weight excluding hydrogens is 322 g/mol. The third kappa shape index (κ3) is 4.06. The summed E-state index contributed by atoms with van der Waals surface area (Å²) < 4.78 is 5.88. The molecule has 4 heteroatoms. The minimum atomic E-state index is -0.458. The third-order valence-electron chi connectivity index (χ3n) is 3.91. The summed E-state index contributed by atoms with van der Waals surface area (Å²) in [5.74, 6) is 1.69. The van der Waals surface area contributed by atoms with Crippen LogP contribution in [0.15, 0.2) is 65.1 Å². The molecule has 3 rings (SSSR count). The van der Waals surface area contributed by atoms with Crippen LogP contribution in [-0.4, -0.2) is 5.11 Å². The number of aliphatic hydroxyl groups excluding tert-OH is 1. The number of nitrogens with one attached hydrogen (secondary N) is 1. The summed E-state index contributed by atoms with van der Waals surface area (Å²) in [6.07, 6.45) is -0.458. The second kappa shape index (κ2) is 7.67. The standard InChI is InChI=1S/C20H20ClNO2/c1-14(23)15-6-8-16(9-7-15)20-11-10-18(24-20)13-22-12-17-4-2-3-5-19(17)21/h2-11,14,22-23H,12-13H2,1H3. The molecule has 0 radical (unpaired) electrons. The molecular formula is C20H20ClNO2. The number of halogens is 1. The molecule has 0 saturated carbocycles. The van der Waals surface area contributed by atoms with Gasteiger partial charge in [-0.2, -0.15) is 0 Å². The van der Waals surface area contributed by atoms with Crippen molar-refractivity contribution in [2.75, 3.05) is 0 Å². The SMILES string of the molecule is CC(O)c1ccc(-c2ccc(CNCc3ccccc3Cl)o2)cc1. The van der Waals surface area contributed by atoms with E-state index in [1.54, 1.807) is 6.92 Å². The van der Waals surface area contributed by atoms with E-state index in [-0.39, 0.29) is 0 Å². The van der Waals surface area contributed by atoms with Crippen molar-refractivity contribution < 1.29 is 9.52 Å². The highest BCUT2D eigenvalue weighted by molar-refractivity contribution is 6.31. The molecule has 24 heavy (non-hydrogen) atoms. The second-order valence-corrected chi connectivity index (χ2v) is 6.17. The van der Waals surface area contributed by atoms with Gasteiger partial charge in [0.25, 0.3) is 0 Å². The van der Waals surface area contributed by atoms with E-state index in [1.165, 1.54) is 0 Å². The second-order valence-electron chi connectivity index (χ2n) is 5.76. The lowest BCUT2D eigenvalue weighted by atomic mass is 10.1. The van der Waals surface area contributed by atoms with Crippen LogP contribution in [0, 0.1) is 0 Å². The van der Waals surface area contributed by atoms with Crippen molar-refractivity contribution in [3.8, 4) is 11.3 Å². The number of benzene rings is 2. The van der Waals surface area contributed by atoms with E-state index < -0.39 is 6.10 Å². The number of hydrogen-bond acceptors (Lipinski definition) is 3. The zero-order valence-electron chi connectivity index (χ0n) is 13.5. The normalized spacial score (nSPS) is 12.3. The first kappa shape index (κ1) is 16.8. The lowest BCUT2D eigenvalue weighted by Crippen LogP contribution is -2.12. The summed E-state index contributed by atoms with van der Waals surface area (Å²) >= 11 is 6.14. The van der Waals surface area contributed by atoms with Crippen LogP contribution >= 0.6 is 11.6 Å². The number of furan rings is 1. The minimum absolute atomic E-state index is 0.458. The highest BCUT2D eigenvalue weighted by atomic mass is 35.5. The first-order valence-electron chi connectivity index (χ1n) is 7.95. The van der Waals surface area contributed by atoms with Crippen LogP contribution in [0.3, 0.4) is 0 Å². The zero-order valence-corrected chi connectivity index (χ0v) is 14.3. The van der Waals surface area contributed by atoms with Gasteiger partial charge in [-0.25, -0.2) is 0 Å². The Morgan fingerprint density at radius 1 is 1.00 bits per heavy atom. The lowest BCUT2D eigenvalue weighted by Gasteiger charge is -2.06. The number of rotatable bonds is 6. The topological polar surface area (TPSA) is 45.4 Å². The van der Waals surface area contributed by atoms with Crippen LogP contribution in [0.25, 0.3) is 11.3 Å². The van der Waals surface area contributed by atoms with Crippen molar-refractivity contribution in [3.63, 3.8) is 0 Å². The summed E-state index contributed by atoms with van der Waals surface area (Å²) in [4.78, 5) is 0. The average Bonchev–Trinajstić information content (AvgIpc) is 3.05. The summed E-state index contributed by atoms with van der Waals surface area (Å²) in [5.41, 5.74) is 2.96. The van der Waals surface area contributed by atoms with Crippen molar-refractivity contribution in [1.29, 1.82) is 0 Å². The summed E-state index contributed by atoms with van der Waals surface area (Å²) in [5, 5.41) is 13.7. The van der Waals surface area contributed by atoms with Crippen LogP contribution in [0.2, 0.25) is 5.02 Å². The van der Waals surface area contributed by atoms with Gasteiger partial charge < -0.3 is 14.8 Å². The van der Waals surface area contributed by atoms with E-state index >= 15 is 0 Å². The van der Waals surface area contributed by atoms with E-state index in [0.717, 1.165) is 33.2 Å². The molecule has 3 aromatic rings. The number of aliphatic hydroxyl groups is 1. The highest BCUT2D eigenvalue weighted by Gasteiger charge is 2.07. The molecule has 1 unspecified atom stereocenters. The van der Waals surface area contributed by atoms with Gasteiger partial charge in [-0.05, 0) is 36.2 Å².